The van der Waals surface area contributed by atoms with Crippen molar-refractivity contribution in [2.24, 2.45) is 0 Å². The molecule has 5 nitrogen and oxygen atoms in total. The van der Waals surface area contributed by atoms with Gasteiger partial charge in [-0.15, -0.1) is 0 Å². The number of rotatable bonds is 6. The van der Waals surface area contributed by atoms with Gasteiger partial charge in [-0.2, -0.15) is 0 Å². The van der Waals surface area contributed by atoms with Crippen molar-refractivity contribution in [3.8, 4) is 11.5 Å². The van der Waals surface area contributed by atoms with Crippen LogP contribution in [0.25, 0.3) is 0 Å². The summed E-state index contributed by atoms with van der Waals surface area (Å²) in [6, 6.07) is 21.4. The van der Waals surface area contributed by atoms with Crippen LogP contribution >= 0.6 is 11.6 Å². The Morgan fingerprint density at radius 1 is 0.929 bits per heavy atom. The minimum absolute atomic E-state index is 0.161. The van der Waals surface area contributed by atoms with Gasteiger partial charge in [-0.25, -0.2) is 0 Å². The number of carbonyl (C=O) groups is 2. The molecular weight excluding hydrogens is 376 g/mol. The van der Waals surface area contributed by atoms with Gasteiger partial charge in [0.2, 0.25) is 5.91 Å². The number of anilines is 1. The van der Waals surface area contributed by atoms with Crippen molar-refractivity contribution < 1.29 is 14.3 Å². The summed E-state index contributed by atoms with van der Waals surface area (Å²) in [5.41, 5.74) is 1.94. The quantitative estimate of drug-likeness (QED) is 0.630. The number of ether oxygens (including phenoxy) is 1. The van der Waals surface area contributed by atoms with Crippen LogP contribution in [-0.2, 0) is 4.79 Å². The van der Waals surface area contributed by atoms with Crippen molar-refractivity contribution in [2.45, 2.75) is 6.92 Å². The maximum absolute atomic E-state index is 12.2. The van der Waals surface area contributed by atoms with E-state index in [9.17, 15) is 9.59 Å². The second kappa shape index (κ2) is 9.06. The topological polar surface area (TPSA) is 67.4 Å². The second-order valence-corrected chi connectivity index (χ2v) is 6.56. The first-order chi connectivity index (χ1) is 13.5. The van der Waals surface area contributed by atoms with Crippen LogP contribution in [0.1, 0.15) is 15.9 Å². The summed E-state index contributed by atoms with van der Waals surface area (Å²) < 4.78 is 5.69. The van der Waals surface area contributed by atoms with Gasteiger partial charge >= 0.3 is 0 Å². The Morgan fingerprint density at radius 2 is 1.61 bits per heavy atom. The minimum atomic E-state index is -0.358. The van der Waals surface area contributed by atoms with Crippen LogP contribution in [0.15, 0.2) is 72.8 Å². The third-order valence-corrected chi connectivity index (χ3v) is 4.22. The Bertz CT molecular complexity index is 973. The zero-order chi connectivity index (χ0) is 19.9. The van der Waals surface area contributed by atoms with E-state index in [2.05, 4.69) is 10.6 Å². The summed E-state index contributed by atoms with van der Waals surface area (Å²) in [6.07, 6.45) is 0. The Balaban J connectivity index is 1.52. The lowest BCUT2D eigenvalue weighted by atomic mass is 10.2. The largest absolute Gasteiger partial charge is 0.457 e. The van der Waals surface area contributed by atoms with Gasteiger partial charge in [0.25, 0.3) is 5.91 Å². The van der Waals surface area contributed by atoms with Crippen molar-refractivity contribution in [1.29, 1.82) is 0 Å². The van der Waals surface area contributed by atoms with E-state index in [1.165, 1.54) is 0 Å². The Morgan fingerprint density at radius 3 is 2.29 bits per heavy atom. The third-order valence-electron chi connectivity index (χ3n) is 3.90. The summed E-state index contributed by atoms with van der Waals surface area (Å²) in [4.78, 5) is 24.3. The van der Waals surface area contributed by atoms with Crippen LogP contribution < -0.4 is 15.4 Å². The van der Waals surface area contributed by atoms with Gasteiger partial charge in [-0.1, -0.05) is 35.9 Å². The molecule has 0 unspecified atom stereocenters. The van der Waals surface area contributed by atoms with E-state index in [1.807, 2.05) is 43.3 Å². The molecule has 0 radical (unpaired) electrons. The minimum Gasteiger partial charge on any atom is -0.457 e. The molecule has 28 heavy (non-hydrogen) atoms. The summed E-state index contributed by atoms with van der Waals surface area (Å²) in [6.45, 7) is 1.75. The molecule has 2 amide bonds. The monoisotopic (exact) mass is 394 g/mol. The molecule has 3 aromatic carbocycles. The lowest BCUT2D eigenvalue weighted by Gasteiger charge is -2.09. The molecule has 0 atom stereocenters. The van der Waals surface area contributed by atoms with Gasteiger partial charge in [0.05, 0.1) is 17.3 Å². The Hall–Kier alpha value is -3.31. The standard InChI is InChI=1S/C22H19ClN2O3/c1-15-7-12-20(19(23)13-15)25-21(26)14-24-22(27)16-8-10-18(11-9-16)28-17-5-3-2-4-6-17/h2-13H,14H2,1H3,(H,24,27)(H,25,26). The predicted molar refractivity (Wildman–Crippen MR) is 110 cm³/mol. The lowest BCUT2D eigenvalue weighted by molar-refractivity contribution is -0.115. The third kappa shape index (κ3) is 5.34. The molecule has 0 aliphatic carbocycles. The number of hydrogen-bond acceptors (Lipinski definition) is 3. The van der Waals surface area contributed by atoms with Gasteiger partial charge in [0.1, 0.15) is 11.5 Å². The van der Waals surface area contributed by atoms with Gasteiger partial charge < -0.3 is 15.4 Å². The van der Waals surface area contributed by atoms with Crippen LogP contribution in [0.3, 0.4) is 0 Å². The number of halogens is 1. The van der Waals surface area contributed by atoms with E-state index in [0.29, 0.717) is 27.8 Å². The molecule has 142 valence electrons. The Labute approximate surface area is 168 Å². The summed E-state index contributed by atoms with van der Waals surface area (Å²) in [5, 5.41) is 5.71. The number of benzene rings is 3. The molecule has 3 rings (SSSR count). The predicted octanol–water partition coefficient (Wildman–Crippen LogP) is 4.81. The molecule has 6 heteroatoms. The molecule has 2 N–H and O–H groups in total. The highest BCUT2D eigenvalue weighted by molar-refractivity contribution is 6.33. The second-order valence-electron chi connectivity index (χ2n) is 6.15. The van der Waals surface area contributed by atoms with E-state index < -0.39 is 0 Å². The SMILES string of the molecule is Cc1ccc(NC(=O)CNC(=O)c2ccc(Oc3ccccc3)cc2)c(Cl)c1. The van der Waals surface area contributed by atoms with Crippen molar-refractivity contribution in [2.75, 3.05) is 11.9 Å². The van der Waals surface area contributed by atoms with Crippen molar-refractivity contribution in [1.82, 2.24) is 5.32 Å². The molecule has 0 aliphatic rings. The van der Waals surface area contributed by atoms with Gasteiger partial charge in [0, 0.05) is 5.56 Å². The average molecular weight is 395 g/mol. The summed E-state index contributed by atoms with van der Waals surface area (Å²) in [7, 11) is 0. The molecule has 0 spiro atoms. The average Bonchev–Trinajstić information content (AvgIpc) is 2.70. The highest BCUT2D eigenvalue weighted by Crippen LogP contribution is 2.23. The highest BCUT2D eigenvalue weighted by atomic mass is 35.5. The van der Waals surface area contributed by atoms with Crippen LogP contribution in [0.2, 0.25) is 5.02 Å². The molecule has 0 saturated carbocycles. The van der Waals surface area contributed by atoms with E-state index in [4.69, 9.17) is 16.3 Å². The Kier molecular flexibility index (Phi) is 6.29. The molecule has 3 aromatic rings. The van der Waals surface area contributed by atoms with Gasteiger partial charge in [-0.05, 0) is 61.0 Å². The van der Waals surface area contributed by atoms with Crippen LogP contribution in [0.4, 0.5) is 5.69 Å². The normalized spacial score (nSPS) is 10.2. The fourth-order valence-electron chi connectivity index (χ4n) is 2.48. The smallest absolute Gasteiger partial charge is 0.251 e. The molecule has 0 bridgehead atoms. The number of aryl methyl sites for hydroxylation is 1. The fraction of sp³-hybridized carbons (Fsp3) is 0.0909. The lowest BCUT2D eigenvalue weighted by Crippen LogP contribution is -2.32. The molecule has 0 heterocycles. The van der Waals surface area contributed by atoms with E-state index in [0.717, 1.165) is 5.56 Å². The van der Waals surface area contributed by atoms with Crippen LogP contribution in [0.5, 0.6) is 11.5 Å². The first-order valence-corrected chi connectivity index (χ1v) is 9.06. The fourth-order valence-corrected chi connectivity index (χ4v) is 2.76. The zero-order valence-corrected chi connectivity index (χ0v) is 16.0. The molecule has 0 saturated heterocycles. The van der Waals surface area contributed by atoms with Crippen LogP contribution in [0, 0.1) is 6.92 Å². The highest BCUT2D eigenvalue weighted by Gasteiger charge is 2.10. The number of para-hydroxylation sites is 1. The molecule has 0 fully saturated rings. The first-order valence-electron chi connectivity index (χ1n) is 8.68. The number of hydrogen-bond donors (Lipinski definition) is 2. The van der Waals surface area contributed by atoms with E-state index in [1.54, 1.807) is 36.4 Å². The molecule has 0 aromatic heterocycles. The maximum atomic E-state index is 12.2. The summed E-state index contributed by atoms with van der Waals surface area (Å²) >= 11 is 6.09. The number of carbonyl (C=O) groups excluding carboxylic acids is 2. The van der Waals surface area contributed by atoms with Crippen molar-refractivity contribution >= 4 is 29.1 Å². The van der Waals surface area contributed by atoms with Crippen molar-refractivity contribution in [3.05, 3.63) is 88.9 Å². The van der Waals surface area contributed by atoms with Crippen molar-refractivity contribution in [3.63, 3.8) is 0 Å². The van der Waals surface area contributed by atoms with E-state index >= 15 is 0 Å². The zero-order valence-electron chi connectivity index (χ0n) is 15.2. The summed E-state index contributed by atoms with van der Waals surface area (Å²) in [5.74, 6) is 0.625. The van der Waals surface area contributed by atoms with Gasteiger partial charge in [0.15, 0.2) is 0 Å². The number of amides is 2. The maximum Gasteiger partial charge on any atom is 0.251 e. The molecular formula is C22H19ClN2O3. The van der Waals surface area contributed by atoms with Gasteiger partial charge in [-0.3, -0.25) is 9.59 Å². The number of nitrogens with one attached hydrogen (secondary N) is 2. The first kappa shape index (κ1) is 19.5. The van der Waals surface area contributed by atoms with Crippen LogP contribution in [-0.4, -0.2) is 18.4 Å². The van der Waals surface area contributed by atoms with E-state index in [-0.39, 0.29) is 18.4 Å². The molecule has 0 aliphatic heterocycles.